The van der Waals surface area contributed by atoms with Crippen LogP contribution in [0, 0.1) is 11.3 Å². The highest BCUT2D eigenvalue weighted by Crippen LogP contribution is 2.09. The molecule has 5 heteroatoms. The Morgan fingerprint density at radius 2 is 2.24 bits per heavy atom. The van der Waals surface area contributed by atoms with Gasteiger partial charge in [-0.3, -0.25) is 0 Å². The number of likely N-dealkylation sites (tertiary alicyclic amines) is 1. The topological polar surface area (TPSA) is 64.8 Å². The number of anilines is 1. The maximum atomic E-state index is 8.88. The summed E-state index contributed by atoms with van der Waals surface area (Å²) in [6.45, 7) is 4.42. The summed E-state index contributed by atoms with van der Waals surface area (Å²) in [6, 6.07) is 3.78. The lowest BCUT2D eigenvalue weighted by molar-refractivity contribution is 0.337. The van der Waals surface area contributed by atoms with Crippen LogP contribution in [0.5, 0.6) is 0 Å². The van der Waals surface area contributed by atoms with E-state index in [0.717, 1.165) is 19.5 Å². The maximum absolute atomic E-state index is 8.88. The Bertz CT molecular complexity index is 392. The summed E-state index contributed by atoms with van der Waals surface area (Å²) in [6.07, 6.45) is 5.27. The third-order valence-corrected chi connectivity index (χ3v) is 2.98. The molecule has 0 bridgehead atoms. The molecule has 2 rings (SSSR count). The quantitative estimate of drug-likeness (QED) is 0.772. The van der Waals surface area contributed by atoms with Crippen molar-refractivity contribution in [2.45, 2.75) is 19.3 Å². The van der Waals surface area contributed by atoms with Crippen molar-refractivity contribution in [2.24, 2.45) is 0 Å². The summed E-state index contributed by atoms with van der Waals surface area (Å²) < 4.78 is 0. The Labute approximate surface area is 101 Å². The molecular formula is C12H17N5. The zero-order chi connectivity index (χ0) is 11.9. The van der Waals surface area contributed by atoms with Crippen LogP contribution < -0.4 is 5.32 Å². The average molecular weight is 231 g/mol. The van der Waals surface area contributed by atoms with Gasteiger partial charge in [-0.15, -0.1) is 5.10 Å². The predicted molar refractivity (Wildman–Crippen MR) is 65.5 cm³/mol. The van der Waals surface area contributed by atoms with Gasteiger partial charge >= 0.3 is 0 Å². The zero-order valence-corrected chi connectivity index (χ0v) is 9.89. The van der Waals surface area contributed by atoms with Gasteiger partial charge in [0.1, 0.15) is 6.07 Å². The van der Waals surface area contributed by atoms with Crippen molar-refractivity contribution in [3.8, 4) is 6.07 Å². The average Bonchev–Trinajstić information content (AvgIpc) is 2.88. The van der Waals surface area contributed by atoms with Crippen LogP contribution in [-0.2, 0) is 0 Å². The monoisotopic (exact) mass is 231 g/mol. The second kappa shape index (κ2) is 6.16. The molecule has 1 saturated heterocycles. The van der Waals surface area contributed by atoms with E-state index >= 15 is 0 Å². The number of aromatic nitrogens is 2. The van der Waals surface area contributed by atoms with Crippen LogP contribution in [0.15, 0.2) is 12.3 Å². The number of nitrogens with one attached hydrogen (secondary N) is 1. The standard InChI is InChI=1S/C12H17N5/c13-10-11-4-6-15-16-12(11)14-5-3-9-17-7-1-2-8-17/h4,6H,1-3,5,7-9H2,(H,14,16). The van der Waals surface area contributed by atoms with E-state index in [9.17, 15) is 0 Å². The van der Waals surface area contributed by atoms with Gasteiger partial charge in [-0.05, 0) is 45.0 Å². The fourth-order valence-corrected chi connectivity index (χ4v) is 2.07. The van der Waals surface area contributed by atoms with Gasteiger partial charge < -0.3 is 10.2 Å². The molecule has 90 valence electrons. The minimum atomic E-state index is 0.557. The first-order chi connectivity index (χ1) is 8.40. The smallest absolute Gasteiger partial charge is 0.166 e. The van der Waals surface area contributed by atoms with Crippen LogP contribution in [0.25, 0.3) is 0 Å². The normalized spacial score (nSPS) is 15.7. The van der Waals surface area contributed by atoms with Gasteiger partial charge in [0.25, 0.3) is 0 Å². The number of hydrogen-bond donors (Lipinski definition) is 1. The van der Waals surface area contributed by atoms with Crippen LogP contribution in [0.3, 0.4) is 0 Å². The third-order valence-electron chi connectivity index (χ3n) is 2.98. The lowest BCUT2D eigenvalue weighted by Gasteiger charge is -2.14. The molecule has 0 aliphatic carbocycles. The molecule has 1 N–H and O–H groups in total. The minimum absolute atomic E-state index is 0.557. The Kier molecular flexibility index (Phi) is 4.28. The molecule has 1 aliphatic heterocycles. The van der Waals surface area contributed by atoms with Crippen molar-refractivity contribution >= 4 is 5.82 Å². The van der Waals surface area contributed by atoms with E-state index in [4.69, 9.17) is 5.26 Å². The summed E-state index contributed by atoms with van der Waals surface area (Å²) in [5, 5.41) is 19.7. The molecule has 0 radical (unpaired) electrons. The molecule has 0 atom stereocenters. The maximum Gasteiger partial charge on any atom is 0.166 e. The van der Waals surface area contributed by atoms with Crippen molar-refractivity contribution in [3.05, 3.63) is 17.8 Å². The fourth-order valence-electron chi connectivity index (χ4n) is 2.07. The molecule has 0 amide bonds. The Morgan fingerprint density at radius 1 is 1.41 bits per heavy atom. The van der Waals surface area contributed by atoms with E-state index in [0.29, 0.717) is 11.4 Å². The number of nitriles is 1. The van der Waals surface area contributed by atoms with E-state index in [-0.39, 0.29) is 0 Å². The van der Waals surface area contributed by atoms with Gasteiger partial charge in [0.2, 0.25) is 0 Å². The predicted octanol–water partition coefficient (Wildman–Crippen LogP) is 1.25. The van der Waals surface area contributed by atoms with E-state index in [1.54, 1.807) is 6.07 Å². The SMILES string of the molecule is N#Cc1ccnnc1NCCCN1CCCC1. The van der Waals surface area contributed by atoms with Gasteiger partial charge in [0.15, 0.2) is 5.82 Å². The molecule has 1 aromatic rings. The van der Waals surface area contributed by atoms with Gasteiger partial charge in [0, 0.05) is 6.54 Å². The second-order valence-electron chi connectivity index (χ2n) is 4.23. The first kappa shape index (κ1) is 11.8. The first-order valence-corrected chi connectivity index (χ1v) is 6.08. The van der Waals surface area contributed by atoms with Crippen molar-refractivity contribution in [3.63, 3.8) is 0 Å². The molecular weight excluding hydrogens is 214 g/mol. The highest BCUT2D eigenvalue weighted by Gasteiger charge is 2.10. The zero-order valence-electron chi connectivity index (χ0n) is 9.89. The highest BCUT2D eigenvalue weighted by molar-refractivity contribution is 5.49. The fraction of sp³-hybridized carbons (Fsp3) is 0.583. The Balaban J connectivity index is 1.72. The third kappa shape index (κ3) is 3.40. The summed E-state index contributed by atoms with van der Waals surface area (Å²) in [4.78, 5) is 2.48. The van der Waals surface area contributed by atoms with E-state index in [1.165, 1.54) is 32.1 Å². The van der Waals surface area contributed by atoms with E-state index in [1.807, 2.05) is 0 Å². The lowest BCUT2D eigenvalue weighted by atomic mass is 10.3. The highest BCUT2D eigenvalue weighted by atomic mass is 15.2. The molecule has 0 spiro atoms. The van der Waals surface area contributed by atoms with Gasteiger partial charge in [-0.1, -0.05) is 0 Å². The summed E-state index contributed by atoms with van der Waals surface area (Å²) in [5.41, 5.74) is 0.557. The molecule has 0 aromatic carbocycles. The largest absolute Gasteiger partial charge is 0.367 e. The van der Waals surface area contributed by atoms with Crippen molar-refractivity contribution in [1.29, 1.82) is 5.26 Å². The number of rotatable bonds is 5. The summed E-state index contributed by atoms with van der Waals surface area (Å²) in [5.74, 6) is 0.594. The van der Waals surface area contributed by atoms with Crippen LogP contribution in [0.2, 0.25) is 0 Å². The molecule has 17 heavy (non-hydrogen) atoms. The molecule has 1 aliphatic rings. The second-order valence-corrected chi connectivity index (χ2v) is 4.23. The molecule has 0 saturated carbocycles. The molecule has 1 aromatic heterocycles. The van der Waals surface area contributed by atoms with E-state index < -0.39 is 0 Å². The summed E-state index contributed by atoms with van der Waals surface area (Å²) in [7, 11) is 0. The van der Waals surface area contributed by atoms with Crippen LogP contribution in [-0.4, -0.2) is 41.3 Å². The van der Waals surface area contributed by atoms with Gasteiger partial charge in [0.05, 0.1) is 11.8 Å². The molecule has 2 heterocycles. The minimum Gasteiger partial charge on any atom is -0.367 e. The summed E-state index contributed by atoms with van der Waals surface area (Å²) >= 11 is 0. The Hall–Kier alpha value is -1.67. The van der Waals surface area contributed by atoms with Crippen molar-refractivity contribution in [1.82, 2.24) is 15.1 Å². The Morgan fingerprint density at radius 3 is 3.00 bits per heavy atom. The van der Waals surface area contributed by atoms with Crippen LogP contribution >= 0.6 is 0 Å². The van der Waals surface area contributed by atoms with Gasteiger partial charge in [-0.2, -0.15) is 10.4 Å². The van der Waals surface area contributed by atoms with Crippen molar-refractivity contribution in [2.75, 3.05) is 31.5 Å². The van der Waals surface area contributed by atoms with E-state index in [2.05, 4.69) is 26.5 Å². The van der Waals surface area contributed by atoms with Crippen LogP contribution in [0.1, 0.15) is 24.8 Å². The van der Waals surface area contributed by atoms with Crippen LogP contribution in [0.4, 0.5) is 5.82 Å². The van der Waals surface area contributed by atoms with Gasteiger partial charge in [-0.25, -0.2) is 0 Å². The molecule has 5 nitrogen and oxygen atoms in total. The lowest BCUT2D eigenvalue weighted by Crippen LogP contribution is -2.22. The first-order valence-electron chi connectivity index (χ1n) is 6.08. The van der Waals surface area contributed by atoms with Crippen molar-refractivity contribution < 1.29 is 0 Å². The number of hydrogen-bond acceptors (Lipinski definition) is 5. The molecule has 1 fully saturated rings. The molecule has 0 unspecified atom stereocenters. The number of nitrogens with zero attached hydrogens (tertiary/aromatic N) is 4.